The van der Waals surface area contributed by atoms with Crippen molar-refractivity contribution in [3.63, 3.8) is 0 Å². The van der Waals surface area contributed by atoms with Crippen LogP contribution in [0, 0.1) is 0 Å². The molecule has 8 rings (SSSR count). The molecule has 1 aromatic heterocycles. The van der Waals surface area contributed by atoms with Gasteiger partial charge in [0.1, 0.15) is 37.0 Å². The zero-order valence-corrected chi connectivity index (χ0v) is 36.1. The van der Waals surface area contributed by atoms with Gasteiger partial charge in [0.25, 0.3) is 0 Å². The Morgan fingerprint density at radius 2 is 1.48 bits per heavy atom. The summed E-state index contributed by atoms with van der Waals surface area (Å²) in [6.45, 7) is 15.1. The first-order valence-electron chi connectivity index (χ1n) is 21.5. The van der Waals surface area contributed by atoms with E-state index in [1.807, 2.05) is 74.2 Å². The van der Waals surface area contributed by atoms with Crippen LogP contribution >= 0.6 is 0 Å². The first-order chi connectivity index (χ1) is 29.4. The molecule has 12 nitrogen and oxygen atoms in total. The van der Waals surface area contributed by atoms with Gasteiger partial charge in [0.05, 0.1) is 24.8 Å². The van der Waals surface area contributed by atoms with E-state index >= 15 is 0 Å². The monoisotopic (exact) mass is 826 g/mol. The van der Waals surface area contributed by atoms with E-state index in [2.05, 4.69) is 77.1 Å². The highest BCUT2D eigenvalue weighted by atomic mass is 16.6. The largest absolute Gasteiger partial charge is 0.489 e. The molecule has 0 aliphatic carbocycles. The van der Waals surface area contributed by atoms with Crippen LogP contribution in [0.1, 0.15) is 69.8 Å². The maximum atomic E-state index is 13.5. The number of piperazine rings is 1. The highest BCUT2D eigenvalue weighted by Crippen LogP contribution is 2.38. The van der Waals surface area contributed by atoms with E-state index in [1.165, 1.54) is 0 Å². The van der Waals surface area contributed by atoms with Gasteiger partial charge in [0.15, 0.2) is 0 Å². The molecule has 4 heterocycles. The highest BCUT2D eigenvalue weighted by Gasteiger charge is 2.45. The van der Waals surface area contributed by atoms with Crippen molar-refractivity contribution >= 4 is 34.3 Å². The lowest BCUT2D eigenvalue weighted by molar-refractivity contribution is -0.146. The Bertz CT molecular complexity index is 2310. The Balaban J connectivity index is 1.03. The Morgan fingerprint density at radius 3 is 2.20 bits per heavy atom. The van der Waals surface area contributed by atoms with E-state index in [9.17, 15) is 9.59 Å². The van der Waals surface area contributed by atoms with Crippen LogP contribution < -0.4 is 19.3 Å². The molecular formula is C49H58N6O6. The summed E-state index contributed by atoms with van der Waals surface area (Å²) >= 11 is 0. The van der Waals surface area contributed by atoms with Crippen LogP contribution in [-0.4, -0.2) is 94.9 Å². The van der Waals surface area contributed by atoms with E-state index in [-0.39, 0.29) is 43.4 Å². The number of carbonyl (C=O) groups is 2. The number of benzene rings is 4. The van der Waals surface area contributed by atoms with E-state index < -0.39 is 5.60 Å². The van der Waals surface area contributed by atoms with E-state index in [0.717, 1.165) is 76.2 Å². The number of ether oxygens (including phenoxy) is 4. The fourth-order valence-electron chi connectivity index (χ4n) is 8.65. The highest BCUT2D eigenvalue weighted by molar-refractivity contribution is 5.96. The van der Waals surface area contributed by atoms with Gasteiger partial charge < -0.3 is 28.7 Å². The quantitative estimate of drug-likeness (QED) is 0.114. The molecule has 3 aliphatic rings. The fourth-order valence-corrected chi connectivity index (χ4v) is 8.65. The van der Waals surface area contributed by atoms with Crippen LogP contribution in [0.15, 0.2) is 97.1 Å². The Labute approximate surface area is 359 Å². The first kappa shape index (κ1) is 41.8. The SMILES string of the molecule is CC(C)(C)OC(=O)N1[C@@H](COc2nc3c(c(N4CCN(CC(=O)OCc5ccccc5)CC4)n2)CCN(c2cc(OCc4ccccc4)cc4ccccc24)C3)CCC1(C)C. The van der Waals surface area contributed by atoms with Gasteiger partial charge in [-0.15, -0.1) is 0 Å². The fraction of sp³-hybridized carbons (Fsp3) is 0.429. The summed E-state index contributed by atoms with van der Waals surface area (Å²) < 4.78 is 24.4. The van der Waals surface area contributed by atoms with Gasteiger partial charge in [0, 0.05) is 61.0 Å². The maximum Gasteiger partial charge on any atom is 0.411 e. The number of fused-ring (bicyclic) bond motifs is 2. The lowest BCUT2D eigenvalue weighted by atomic mass is 10.0. The van der Waals surface area contributed by atoms with Crippen LogP contribution in [0.3, 0.4) is 0 Å². The first-order valence-corrected chi connectivity index (χ1v) is 21.5. The van der Waals surface area contributed by atoms with Crippen molar-refractivity contribution in [3.8, 4) is 11.8 Å². The molecule has 12 heteroatoms. The molecule has 0 radical (unpaired) electrons. The zero-order chi connectivity index (χ0) is 42.6. The van der Waals surface area contributed by atoms with Crippen LogP contribution in [0.25, 0.3) is 10.8 Å². The molecule has 320 valence electrons. The van der Waals surface area contributed by atoms with Crippen molar-refractivity contribution < 1.29 is 28.5 Å². The van der Waals surface area contributed by atoms with Gasteiger partial charge in [-0.05, 0) is 76.5 Å². The average molecular weight is 827 g/mol. The lowest BCUT2D eigenvalue weighted by Gasteiger charge is -2.38. The predicted octanol–water partition coefficient (Wildman–Crippen LogP) is 8.19. The second-order valence-electron chi connectivity index (χ2n) is 17.9. The minimum Gasteiger partial charge on any atom is -0.489 e. The molecule has 0 N–H and O–H groups in total. The van der Waals surface area contributed by atoms with Gasteiger partial charge in [-0.3, -0.25) is 14.6 Å². The molecule has 3 aliphatic heterocycles. The number of likely N-dealkylation sites (tertiary alicyclic amines) is 1. The van der Waals surface area contributed by atoms with Gasteiger partial charge in [-0.2, -0.15) is 9.97 Å². The molecule has 0 bridgehead atoms. The summed E-state index contributed by atoms with van der Waals surface area (Å²) in [5.74, 6) is 1.45. The zero-order valence-electron chi connectivity index (χ0n) is 36.1. The number of carbonyl (C=O) groups excluding carboxylic acids is 2. The third kappa shape index (κ3) is 10.2. The molecule has 1 amide bonds. The Kier molecular flexibility index (Phi) is 12.3. The smallest absolute Gasteiger partial charge is 0.411 e. The van der Waals surface area contributed by atoms with Crippen molar-refractivity contribution in [1.29, 1.82) is 0 Å². The second kappa shape index (κ2) is 18.0. The third-order valence-electron chi connectivity index (χ3n) is 11.8. The van der Waals surface area contributed by atoms with Crippen LogP contribution in [0.2, 0.25) is 0 Å². The molecule has 2 fully saturated rings. The number of nitrogens with zero attached hydrogens (tertiary/aromatic N) is 6. The van der Waals surface area contributed by atoms with Crippen molar-refractivity contribution in [3.05, 3.63) is 119 Å². The predicted molar refractivity (Wildman–Crippen MR) is 237 cm³/mol. The van der Waals surface area contributed by atoms with E-state index in [0.29, 0.717) is 45.3 Å². The van der Waals surface area contributed by atoms with Gasteiger partial charge in [-0.1, -0.05) is 84.9 Å². The van der Waals surface area contributed by atoms with Crippen molar-refractivity contribution in [2.45, 2.75) is 90.8 Å². The Morgan fingerprint density at radius 1 is 0.787 bits per heavy atom. The van der Waals surface area contributed by atoms with Gasteiger partial charge in [0.2, 0.25) is 0 Å². The Hall–Kier alpha value is -5.88. The molecule has 0 spiro atoms. The standard InChI is InChI=1S/C49H58N6O6/c1-48(2,3)61-47(57)55-38(20-22-49(55,4)5)34-60-46-50-42-30-54(43-29-39(28-37-18-12-13-19-40(37)43)58-32-35-14-8-6-9-15-35)23-21-41(42)45(51-46)53-26-24-52(25-27-53)31-44(56)59-33-36-16-10-7-11-17-36/h6-19,28-29,38H,20-27,30-34H2,1-5H3/t38-/m1/s1. The summed E-state index contributed by atoms with van der Waals surface area (Å²) in [5, 5.41) is 2.25. The summed E-state index contributed by atoms with van der Waals surface area (Å²) in [4.78, 5) is 45.2. The minimum absolute atomic E-state index is 0.195. The number of anilines is 2. The van der Waals surface area contributed by atoms with Crippen molar-refractivity contribution in [2.24, 2.45) is 0 Å². The number of esters is 1. The minimum atomic E-state index is -0.616. The topological polar surface area (TPSA) is 110 Å². The number of aromatic nitrogens is 2. The second-order valence-corrected chi connectivity index (χ2v) is 17.9. The van der Waals surface area contributed by atoms with Gasteiger partial charge >= 0.3 is 18.1 Å². The number of hydrogen-bond acceptors (Lipinski definition) is 11. The number of hydrogen-bond donors (Lipinski definition) is 0. The van der Waals surface area contributed by atoms with E-state index in [4.69, 9.17) is 28.9 Å². The van der Waals surface area contributed by atoms with Gasteiger partial charge in [-0.25, -0.2) is 4.79 Å². The molecule has 4 aromatic carbocycles. The number of amides is 1. The number of rotatable bonds is 12. The molecular weight excluding hydrogens is 769 g/mol. The summed E-state index contributed by atoms with van der Waals surface area (Å²) in [7, 11) is 0. The molecule has 2 saturated heterocycles. The van der Waals surface area contributed by atoms with Crippen LogP contribution in [0.5, 0.6) is 11.8 Å². The maximum absolute atomic E-state index is 13.5. The molecule has 5 aromatic rings. The van der Waals surface area contributed by atoms with Crippen LogP contribution in [-0.2, 0) is 40.4 Å². The molecule has 0 saturated carbocycles. The molecule has 1 atom stereocenters. The van der Waals surface area contributed by atoms with Crippen molar-refractivity contribution in [2.75, 3.05) is 55.7 Å². The van der Waals surface area contributed by atoms with Crippen LogP contribution in [0.4, 0.5) is 16.3 Å². The van der Waals surface area contributed by atoms with Crippen molar-refractivity contribution in [1.82, 2.24) is 19.8 Å². The average Bonchev–Trinajstić information content (AvgIpc) is 3.57. The molecule has 61 heavy (non-hydrogen) atoms. The summed E-state index contributed by atoms with van der Waals surface area (Å²) in [6, 6.07) is 32.7. The summed E-state index contributed by atoms with van der Waals surface area (Å²) in [6.07, 6.45) is 2.01. The third-order valence-corrected chi connectivity index (χ3v) is 11.8. The summed E-state index contributed by atoms with van der Waals surface area (Å²) in [5.41, 5.74) is 4.19. The normalized spacial score (nSPS) is 17.9. The lowest BCUT2D eigenvalue weighted by Crippen LogP contribution is -2.50. The van der Waals surface area contributed by atoms with E-state index in [1.54, 1.807) is 0 Å². The molecule has 0 unspecified atom stereocenters.